The molecular weight excluding hydrogens is 405 g/mol. The van der Waals surface area contributed by atoms with E-state index >= 15 is 0 Å². The number of aryl methyl sites for hydroxylation is 1. The van der Waals surface area contributed by atoms with Crippen molar-refractivity contribution in [2.45, 2.75) is 38.4 Å². The lowest BCUT2D eigenvalue weighted by atomic mass is 10.1. The zero-order valence-corrected chi connectivity index (χ0v) is 17.2. The summed E-state index contributed by atoms with van der Waals surface area (Å²) >= 11 is 0. The third kappa shape index (κ3) is 5.36. The minimum Gasteiger partial charge on any atom is -0.348 e. The summed E-state index contributed by atoms with van der Waals surface area (Å²) in [5.41, 5.74) is 0.114. The number of halogens is 3. The highest BCUT2D eigenvalue weighted by molar-refractivity contribution is 7.89. The summed E-state index contributed by atoms with van der Waals surface area (Å²) in [5.74, 6) is -0.571. The molecule has 2 rings (SSSR count). The van der Waals surface area contributed by atoms with Gasteiger partial charge >= 0.3 is 6.18 Å². The molecule has 2 aromatic carbocycles. The zero-order valence-electron chi connectivity index (χ0n) is 16.4. The van der Waals surface area contributed by atoms with Crippen LogP contribution in [0.4, 0.5) is 13.2 Å². The molecule has 9 heteroatoms. The molecule has 1 amide bonds. The molecule has 0 aliphatic carbocycles. The van der Waals surface area contributed by atoms with Gasteiger partial charge in [0.2, 0.25) is 10.0 Å². The maximum Gasteiger partial charge on any atom is 0.416 e. The van der Waals surface area contributed by atoms with Crippen LogP contribution in [0.3, 0.4) is 0 Å². The van der Waals surface area contributed by atoms with Gasteiger partial charge in [-0.2, -0.15) is 17.5 Å². The standard InChI is InChI=1S/C20H23F3N2O3S/c1-4-25(5-2)29(27,28)18-12-16(10-9-14(18)3)19(26)24-13-15-7-6-8-17(11-15)20(21,22)23/h6-12H,4-5,13H2,1-3H3,(H,24,26). The molecular formula is C20H23F3N2O3S. The Hall–Kier alpha value is -2.39. The number of nitrogens with zero attached hydrogens (tertiary/aromatic N) is 1. The summed E-state index contributed by atoms with van der Waals surface area (Å²) in [5, 5.41) is 2.53. The van der Waals surface area contributed by atoms with Gasteiger partial charge in [0.05, 0.1) is 10.5 Å². The van der Waals surface area contributed by atoms with E-state index in [0.29, 0.717) is 18.7 Å². The van der Waals surface area contributed by atoms with Crippen molar-refractivity contribution in [1.29, 1.82) is 0 Å². The largest absolute Gasteiger partial charge is 0.416 e. The number of hydrogen-bond acceptors (Lipinski definition) is 3. The number of amides is 1. The Kier molecular flexibility index (Phi) is 7.07. The number of carbonyl (C=O) groups is 1. The highest BCUT2D eigenvalue weighted by Gasteiger charge is 2.30. The van der Waals surface area contributed by atoms with E-state index < -0.39 is 27.7 Å². The minimum atomic E-state index is -4.47. The number of carbonyl (C=O) groups excluding carboxylic acids is 1. The Morgan fingerprint density at radius 2 is 1.72 bits per heavy atom. The van der Waals surface area contributed by atoms with Gasteiger partial charge < -0.3 is 5.32 Å². The SMILES string of the molecule is CCN(CC)S(=O)(=O)c1cc(C(=O)NCc2cccc(C(F)(F)F)c2)ccc1C. The van der Waals surface area contributed by atoms with Gasteiger partial charge in [-0.05, 0) is 42.3 Å². The van der Waals surface area contributed by atoms with Crippen molar-refractivity contribution >= 4 is 15.9 Å². The molecule has 0 fully saturated rings. The van der Waals surface area contributed by atoms with Crippen LogP contribution in [-0.4, -0.2) is 31.7 Å². The van der Waals surface area contributed by atoms with Crippen LogP contribution in [0.25, 0.3) is 0 Å². The molecule has 0 atom stereocenters. The van der Waals surface area contributed by atoms with Gasteiger partial charge in [0.25, 0.3) is 5.91 Å². The zero-order chi connectivity index (χ0) is 21.8. The topological polar surface area (TPSA) is 66.5 Å². The van der Waals surface area contributed by atoms with Gasteiger partial charge in [-0.1, -0.05) is 32.0 Å². The first-order valence-corrected chi connectivity index (χ1v) is 10.5. The molecule has 158 valence electrons. The van der Waals surface area contributed by atoms with E-state index in [1.54, 1.807) is 20.8 Å². The fourth-order valence-corrected chi connectivity index (χ4v) is 4.57. The Morgan fingerprint density at radius 1 is 1.07 bits per heavy atom. The Morgan fingerprint density at radius 3 is 2.31 bits per heavy atom. The fourth-order valence-electron chi connectivity index (χ4n) is 2.86. The summed E-state index contributed by atoms with van der Waals surface area (Å²) in [7, 11) is -3.75. The van der Waals surface area contributed by atoms with E-state index in [9.17, 15) is 26.4 Å². The molecule has 0 aromatic heterocycles. The summed E-state index contributed by atoms with van der Waals surface area (Å²) in [6.45, 7) is 5.56. The van der Waals surface area contributed by atoms with Crippen molar-refractivity contribution in [3.05, 3.63) is 64.7 Å². The molecule has 5 nitrogen and oxygen atoms in total. The highest BCUT2D eigenvalue weighted by atomic mass is 32.2. The van der Waals surface area contributed by atoms with E-state index in [2.05, 4.69) is 5.32 Å². The lowest BCUT2D eigenvalue weighted by Crippen LogP contribution is -2.31. The van der Waals surface area contributed by atoms with Crippen molar-refractivity contribution in [3.8, 4) is 0 Å². The highest BCUT2D eigenvalue weighted by Crippen LogP contribution is 2.29. The molecule has 0 aliphatic rings. The molecule has 0 bridgehead atoms. The van der Waals surface area contributed by atoms with E-state index in [0.717, 1.165) is 12.1 Å². The molecule has 29 heavy (non-hydrogen) atoms. The number of hydrogen-bond donors (Lipinski definition) is 1. The third-order valence-electron chi connectivity index (χ3n) is 4.48. The third-order valence-corrected chi connectivity index (χ3v) is 6.67. The maximum absolute atomic E-state index is 12.8. The summed E-state index contributed by atoms with van der Waals surface area (Å²) in [4.78, 5) is 12.5. The van der Waals surface area contributed by atoms with E-state index in [-0.39, 0.29) is 22.6 Å². The molecule has 0 aliphatic heterocycles. The summed E-state index contributed by atoms with van der Waals surface area (Å²) < 4.78 is 65.3. The monoisotopic (exact) mass is 428 g/mol. The van der Waals surface area contributed by atoms with Crippen LogP contribution in [0.5, 0.6) is 0 Å². The first kappa shape index (κ1) is 22.9. The lowest BCUT2D eigenvalue weighted by molar-refractivity contribution is -0.137. The summed E-state index contributed by atoms with van der Waals surface area (Å²) in [6, 6.07) is 8.98. The van der Waals surface area contributed by atoms with Gasteiger partial charge in [-0.3, -0.25) is 4.79 Å². The van der Waals surface area contributed by atoms with Crippen molar-refractivity contribution in [2.75, 3.05) is 13.1 Å². The molecule has 0 saturated carbocycles. The molecule has 0 spiro atoms. The molecule has 2 aromatic rings. The van der Waals surface area contributed by atoms with Crippen LogP contribution >= 0.6 is 0 Å². The average Bonchev–Trinajstić information content (AvgIpc) is 2.66. The van der Waals surface area contributed by atoms with Crippen LogP contribution in [-0.2, 0) is 22.7 Å². The van der Waals surface area contributed by atoms with Gasteiger partial charge in [0, 0.05) is 25.2 Å². The van der Waals surface area contributed by atoms with Crippen molar-refractivity contribution in [2.24, 2.45) is 0 Å². The molecule has 0 unspecified atom stereocenters. The van der Waals surface area contributed by atoms with Crippen LogP contribution in [0, 0.1) is 6.92 Å². The Labute approximate surface area is 168 Å². The van der Waals surface area contributed by atoms with Gasteiger partial charge in [0.1, 0.15) is 0 Å². The van der Waals surface area contributed by atoms with Gasteiger partial charge in [0.15, 0.2) is 0 Å². The quantitative estimate of drug-likeness (QED) is 0.726. The molecule has 1 N–H and O–H groups in total. The van der Waals surface area contributed by atoms with Crippen LogP contribution in [0.2, 0.25) is 0 Å². The minimum absolute atomic E-state index is 0.0351. The van der Waals surface area contributed by atoms with Gasteiger partial charge in [-0.25, -0.2) is 8.42 Å². The smallest absolute Gasteiger partial charge is 0.348 e. The van der Waals surface area contributed by atoms with Gasteiger partial charge in [-0.15, -0.1) is 0 Å². The van der Waals surface area contributed by atoms with Crippen molar-refractivity contribution in [3.63, 3.8) is 0 Å². The second-order valence-corrected chi connectivity index (χ2v) is 8.36. The maximum atomic E-state index is 12.8. The molecule has 0 heterocycles. The van der Waals surface area contributed by atoms with E-state index in [1.165, 1.54) is 34.6 Å². The number of sulfonamides is 1. The molecule has 0 saturated heterocycles. The van der Waals surface area contributed by atoms with E-state index in [1.807, 2.05) is 0 Å². The number of alkyl halides is 3. The van der Waals surface area contributed by atoms with Crippen molar-refractivity contribution in [1.82, 2.24) is 9.62 Å². The molecule has 0 radical (unpaired) electrons. The van der Waals surface area contributed by atoms with Crippen molar-refractivity contribution < 1.29 is 26.4 Å². The summed E-state index contributed by atoms with van der Waals surface area (Å²) in [6.07, 6.45) is -4.47. The van der Waals surface area contributed by atoms with Crippen LogP contribution < -0.4 is 5.32 Å². The van der Waals surface area contributed by atoms with E-state index in [4.69, 9.17) is 0 Å². The normalized spacial score (nSPS) is 12.2. The number of benzene rings is 2. The Balaban J connectivity index is 2.23. The average molecular weight is 428 g/mol. The first-order valence-electron chi connectivity index (χ1n) is 9.05. The van der Waals surface area contributed by atoms with Crippen LogP contribution in [0.15, 0.2) is 47.4 Å². The van der Waals surface area contributed by atoms with Crippen LogP contribution in [0.1, 0.15) is 40.9 Å². The Bertz CT molecular complexity index is 985. The fraction of sp³-hybridized carbons (Fsp3) is 0.350. The lowest BCUT2D eigenvalue weighted by Gasteiger charge is -2.20. The second kappa shape index (κ2) is 8.96. The first-order chi connectivity index (χ1) is 13.5. The second-order valence-electron chi connectivity index (χ2n) is 6.45. The predicted octanol–water partition coefficient (Wildman–Crippen LogP) is 3.97. The predicted molar refractivity (Wildman–Crippen MR) is 104 cm³/mol. The number of rotatable bonds is 7. The number of nitrogens with one attached hydrogen (secondary N) is 1.